The van der Waals surface area contributed by atoms with Crippen molar-refractivity contribution in [1.82, 2.24) is 34.3 Å². The Hall–Kier alpha value is -3.99. The molecule has 3 N–H and O–H groups in total. The maximum absolute atomic E-state index is 6.52. The summed E-state index contributed by atoms with van der Waals surface area (Å²) in [5.74, 6) is 2.29. The second kappa shape index (κ2) is 13.2. The van der Waals surface area contributed by atoms with Gasteiger partial charge in [-0.3, -0.25) is 4.90 Å². The first-order valence-corrected chi connectivity index (χ1v) is 16.3. The molecular weight excluding hydrogens is 564 g/mol. The van der Waals surface area contributed by atoms with Crippen LogP contribution in [0.4, 0.5) is 5.82 Å². The van der Waals surface area contributed by atoms with E-state index in [9.17, 15) is 0 Å². The van der Waals surface area contributed by atoms with E-state index in [4.69, 9.17) is 25.2 Å². The van der Waals surface area contributed by atoms with Gasteiger partial charge in [0, 0.05) is 82.3 Å². The molecule has 4 heterocycles. The van der Waals surface area contributed by atoms with Crippen molar-refractivity contribution in [3.05, 3.63) is 66.4 Å². The lowest BCUT2D eigenvalue weighted by Gasteiger charge is -2.42. The Labute approximate surface area is 264 Å². The fourth-order valence-electron chi connectivity index (χ4n) is 7.43. The molecule has 10 heteroatoms. The van der Waals surface area contributed by atoms with Gasteiger partial charge in [-0.25, -0.2) is 15.0 Å². The fraction of sp³-hybridized carbons (Fsp3) is 0.457. The van der Waals surface area contributed by atoms with Crippen LogP contribution in [-0.4, -0.2) is 93.9 Å². The van der Waals surface area contributed by atoms with E-state index >= 15 is 0 Å². The zero-order valence-electron chi connectivity index (χ0n) is 26.4. The molecule has 0 bridgehead atoms. The Bertz CT molecular complexity index is 1750. The third-order valence-electron chi connectivity index (χ3n) is 9.84. The van der Waals surface area contributed by atoms with Crippen molar-refractivity contribution in [1.29, 1.82) is 0 Å². The molecule has 0 unspecified atom stereocenters. The van der Waals surface area contributed by atoms with Gasteiger partial charge >= 0.3 is 0 Å². The van der Waals surface area contributed by atoms with E-state index in [0.29, 0.717) is 24.3 Å². The van der Waals surface area contributed by atoms with Gasteiger partial charge in [-0.05, 0) is 55.9 Å². The van der Waals surface area contributed by atoms with E-state index < -0.39 is 0 Å². The monoisotopic (exact) mass is 608 g/mol. The van der Waals surface area contributed by atoms with Crippen molar-refractivity contribution < 1.29 is 9.47 Å². The number of para-hydroxylation sites is 1. The molecular formula is C35H44N8O2. The van der Waals surface area contributed by atoms with E-state index in [1.54, 1.807) is 20.5 Å². The van der Waals surface area contributed by atoms with Crippen LogP contribution in [0.15, 0.2) is 55.0 Å². The van der Waals surface area contributed by atoms with E-state index in [2.05, 4.69) is 54.8 Å². The largest absolute Gasteiger partial charge is 0.496 e. The van der Waals surface area contributed by atoms with E-state index in [1.807, 2.05) is 18.2 Å². The van der Waals surface area contributed by atoms with Gasteiger partial charge in [0.15, 0.2) is 0 Å². The second-order valence-corrected chi connectivity index (χ2v) is 12.5. The van der Waals surface area contributed by atoms with Crippen LogP contribution in [0.25, 0.3) is 33.2 Å². The molecule has 2 aliphatic rings. The number of H-pyrrole nitrogens is 1. The van der Waals surface area contributed by atoms with Crippen LogP contribution in [-0.2, 0) is 11.2 Å². The highest BCUT2D eigenvalue weighted by molar-refractivity contribution is 6.01. The number of piperazine rings is 1. The Morgan fingerprint density at radius 3 is 2.56 bits per heavy atom. The number of hydrogen-bond acceptors (Lipinski definition) is 8. The van der Waals surface area contributed by atoms with E-state index in [1.165, 1.54) is 25.9 Å². The molecule has 10 nitrogen and oxygen atoms in total. The highest BCUT2D eigenvalue weighted by atomic mass is 16.5. The lowest BCUT2D eigenvalue weighted by molar-refractivity contribution is 0.0671. The second-order valence-electron chi connectivity index (χ2n) is 12.5. The van der Waals surface area contributed by atoms with Crippen molar-refractivity contribution in [2.45, 2.75) is 50.6 Å². The molecule has 0 radical (unpaired) electrons. The van der Waals surface area contributed by atoms with Gasteiger partial charge in [0.1, 0.15) is 29.4 Å². The van der Waals surface area contributed by atoms with Gasteiger partial charge in [-0.15, -0.1) is 0 Å². The fourth-order valence-corrected chi connectivity index (χ4v) is 7.43. The number of anilines is 1. The highest BCUT2D eigenvalue weighted by Crippen LogP contribution is 2.39. The summed E-state index contributed by atoms with van der Waals surface area (Å²) in [4.78, 5) is 22.9. The standard InChI is InChI=1S/C35H44N8O2/c1-44-19-5-14-41-15-17-42(18-16-41)26-9-11-27(12-10-26)43-22-28(33-34(36)37-23-38-35(33)43)24-8-13-29-30(20-24)40-32(39-29)21-25-6-3-4-7-31(25)45-2/h3-4,6-8,13,20,22-23,26-27H,5,9-12,14-19,21H2,1-2H3,(H,39,40)(H2,36,37,38). The van der Waals surface area contributed by atoms with Crippen LogP contribution in [0.2, 0.25) is 0 Å². The molecule has 236 valence electrons. The number of benzene rings is 2. The number of nitrogens with one attached hydrogen (secondary N) is 1. The number of rotatable bonds is 10. The van der Waals surface area contributed by atoms with Crippen LogP contribution in [0, 0.1) is 0 Å². The highest BCUT2D eigenvalue weighted by Gasteiger charge is 2.30. The lowest BCUT2D eigenvalue weighted by Crippen LogP contribution is -2.51. The SMILES string of the molecule is COCCCN1CCN(C2CCC(n3cc(-c4ccc5[nH]c(Cc6ccccc6OC)nc5c4)c4c(N)ncnc43)CC2)CC1. The zero-order chi connectivity index (χ0) is 30.8. The number of nitrogens with zero attached hydrogens (tertiary/aromatic N) is 6. The van der Waals surface area contributed by atoms with E-state index in [-0.39, 0.29) is 0 Å². The van der Waals surface area contributed by atoms with Gasteiger partial charge in [0.2, 0.25) is 0 Å². The molecule has 1 aliphatic heterocycles. The van der Waals surface area contributed by atoms with Crippen LogP contribution in [0.5, 0.6) is 5.75 Å². The molecule has 0 amide bonds. The number of imidazole rings is 1. The van der Waals surface area contributed by atoms with Gasteiger partial charge in [-0.2, -0.15) is 0 Å². The molecule has 1 saturated carbocycles. The summed E-state index contributed by atoms with van der Waals surface area (Å²) in [6, 6.07) is 15.5. The molecule has 1 saturated heterocycles. The van der Waals surface area contributed by atoms with E-state index in [0.717, 1.165) is 95.8 Å². The molecule has 45 heavy (non-hydrogen) atoms. The third-order valence-corrected chi connectivity index (χ3v) is 9.84. The Morgan fingerprint density at radius 1 is 0.956 bits per heavy atom. The Morgan fingerprint density at radius 2 is 1.76 bits per heavy atom. The average Bonchev–Trinajstić information content (AvgIpc) is 3.67. The summed E-state index contributed by atoms with van der Waals surface area (Å²) in [5.41, 5.74) is 12.6. The van der Waals surface area contributed by atoms with Crippen LogP contribution in [0.1, 0.15) is 49.5 Å². The summed E-state index contributed by atoms with van der Waals surface area (Å²) in [6.07, 6.45) is 10.3. The maximum Gasteiger partial charge on any atom is 0.146 e. The molecule has 0 spiro atoms. The quantitative estimate of drug-likeness (QED) is 0.206. The molecule has 3 aromatic heterocycles. The summed E-state index contributed by atoms with van der Waals surface area (Å²) in [5, 5.41) is 0.924. The molecule has 2 fully saturated rings. The smallest absolute Gasteiger partial charge is 0.146 e. The first-order valence-electron chi connectivity index (χ1n) is 16.3. The topological polar surface area (TPSA) is 110 Å². The summed E-state index contributed by atoms with van der Waals surface area (Å²) in [6.45, 7) is 6.64. The Kier molecular flexibility index (Phi) is 8.69. The van der Waals surface area contributed by atoms with Crippen molar-refractivity contribution in [3.63, 3.8) is 0 Å². The molecule has 1 aliphatic carbocycles. The summed E-state index contributed by atoms with van der Waals surface area (Å²) in [7, 11) is 3.49. The first kappa shape index (κ1) is 29.7. The minimum absolute atomic E-state index is 0.392. The first-order chi connectivity index (χ1) is 22.1. The van der Waals surface area contributed by atoms with Crippen molar-refractivity contribution in [2.24, 2.45) is 0 Å². The average molecular weight is 609 g/mol. The van der Waals surface area contributed by atoms with Gasteiger partial charge < -0.3 is 29.7 Å². The predicted molar refractivity (Wildman–Crippen MR) is 179 cm³/mol. The molecule has 0 atom stereocenters. The molecule has 7 rings (SSSR count). The lowest BCUT2D eigenvalue weighted by atomic mass is 9.89. The van der Waals surface area contributed by atoms with Gasteiger partial charge in [-0.1, -0.05) is 24.3 Å². The number of methoxy groups -OCH3 is 2. The normalized spacial score (nSPS) is 19.9. The number of ether oxygens (including phenoxy) is 2. The molecule has 5 aromatic rings. The Balaban J connectivity index is 1.08. The molecule has 2 aromatic carbocycles. The minimum atomic E-state index is 0.392. The maximum atomic E-state index is 6.52. The van der Waals surface area contributed by atoms with Crippen LogP contribution < -0.4 is 10.5 Å². The van der Waals surface area contributed by atoms with Crippen molar-refractivity contribution >= 4 is 27.9 Å². The summed E-state index contributed by atoms with van der Waals surface area (Å²) >= 11 is 0. The zero-order valence-corrected chi connectivity index (χ0v) is 26.4. The summed E-state index contributed by atoms with van der Waals surface area (Å²) < 4.78 is 13.2. The number of hydrogen-bond donors (Lipinski definition) is 2. The number of nitrogens with two attached hydrogens (primary N) is 1. The number of aromatic amines is 1. The van der Waals surface area contributed by atoms with Gasteiger partial charge in [0.25, 0.3) is 0 Å². The third kappa shape index (κ3) is 6.14. The number of nitrogen functional groups attached to an aromatic ring is 1. The van der Waals surface area contributed by atoms with Gasteiger partial charge in [0.05, 0.1) is 23.5 Å². The van der Waals surface area contributed by atoms with Crippen molar-refractivity contribution in [3.8, 4) is 16.9 Å². The number of fused-ring (bicyclic) bond motifs is 2. The van der Waals surface area contributed by atoms with Crippen LogP contribution in [0.3, 0.4) is 0 Å². The minimum Gasteiger partial charge on any atom is -0.496 e. The number of aromatic nitrogens is 5. The van der Waals surface area contributed by atoms with Crippen LogP contribution >= 0.6 is 0 Å². The predicted octanol–water partition coefficient (Wildman–Crippen LogP) is 5.29. The van der Waals surface area contributed by atoms with Crippen molar-refractivity contribution in [2.75, 3.05) is 59.3 Å².